The Morgan fingerprint density at radius 1 is 1.22 bits per heavy atom. The van der Waals surface area contributed by atoms with E-state index < -0.39 is 0 Å². The summed E-state index contributed by atoms with van der Waals surface area (Å²) in [6.45, 7) is 7.25. The van der Waals surface area contributed by atoms with Crippen molar-refractivity contribution in [2.75, 3.05) is 11.9 Å². The van der Waals surface area contributed by atoms with Gasteiger partial charge in [-0.3, -0.25) is 0 Å². The Labute approximate surface area is 107 Å². The first-order chi connectivity index (χ1) is 8.55. The van der Waals surface area contributed by atoms with Crippen molar-refractivity contribution in [1.82, 2.24) is 15.1 Å². The van der Waals surface area contributed by atoms with Crippen LogP contribution in [0.3, 0.4) is 0 Å². The molecule has 0 aliphatic rings. The molecule has 2 aromatic heterocycles. The van der Waals surface area contributed by atoms with Crippen LogP contribution in [0.25, 0.3) is 0 Å². The Bertz CT molecular complexity index is 471. The molecule has 0 saturated heterocycles. The molecule has 0 aliphatic carbocycles. The molecule has 0 aliphatic heterocycles. The van der Waals surface area contributed by atoms with E-state index in [1.165, 1.54) is 11.9 Å². The summed E-state index contributed by atoms with van der Waals surface area (Å²) in [6, 6.07) is 4.09. The smallest absolute Gasteiger partial charge is 0.228 e. The zero-order chi connectivity index (χ0) is 13.0. The number of hydrogen-bond acceptors (Lipinski definition) is 5. The minimum absolute atomic E-state index is 0.134. The Morgan fingerprint density at radius 2 is 2.06 bits per heavy atom. The molecule has 2 heterocycles. The summed E-state index contributed by atoms with van der Waals surface area (Å²) in [5.41, 5.74) is 1.36. The van der Waals surface area contributed by atoms with Crippen LogP contribution in [-0.2, 0) is 11.8 Å². The average Bonchev–Trinajstić information content (AvgIpc) is 2.82. The summed E-state index contributed by atoms with van der Waals surface area (Å²) in [4.78, 5) is 8.34. The molecule has 2 rings (SSSR count). The average molecular weight is 246 g/mol. The molecule has 0 atom stereocenters. The van der Waals surface area contributed by atoms with Crippen LogP contribution in [0.4, 0.5) is 5.82 Å². The molecule has 96 valence electrons. The molecule has 2 aromatic rings. The molecule has 0 amide bonds. The maximum Gasteiger partial charge on any atom is 0.228 e. The van der Waals surface area contributed by atoms with Gasteiger partial charge in [0.15, 0.2) is 6.33 Å². The monoisotopic (exact) mass is 246 g/mol. The topological polar surface area (TPSA) is 63.8 Å². The molecule has 1 N–H and O–H groups in total. The van der Waals surface area contributed by atoms with Crippen LogP contribution in [0.15, 0.2) is 29.2 Å². The Kier molecular flexibility index (Phi) is 3.60. The van der Waals surface area contributed by atoms with Gasteiger partial charge in [-0.1, -0.05) is 32.0 Å². The Balaban J connectivity index is 1.87. The second-order valence-electron chi connectivity index (χ2n) is 5.19. The highest BCUT2D eigenvalue weighted by Gasteiger charge is 2.13. The zero-order valence-corrected chi connectivity index (χ0v) is 11.0. The lowest BCUT2D eigenvalue weighted by molar-refractivity contribution is 0.379. The quantitative estimate of drug-likeness (QED) is 0.897. The van der Waals surface area contributed by atoms with Gasteiger partial charge in [-0.05, 0) is 17.0 Å². The molecule has 0 radical (unpaired) electrons. The maximum absolute atomic E-state index is 4.91. The van der Waals surface area contributed by atoms with Crippen molar-refractivity contribution in [3.8, 4) is 0 Å². The number of pyridine rings is 1. The van der Waals surface area contributed by atoms with Gasteiger partial charge < -0.3 is 9.84 Å². The van der Waals surface area contributed by atoms with Crippen molar-refractivity contribution < 1.29 is 4.52 Å². The third-order valence-electron chi connectivity index (χ3n) is 2.68. The lowest BCUT2D eigenvalue weighted by Gasteiger charge is -2.18. The SMILES string of the molecule is CC(C)(C)c1ccc(NCCc2ncno2)nc1. The van der Waals surface area contributed by atoms with Gasteiger partial charge in [0.2, 0.25) is 5.89 Å². The zero-order valence-electron chi connectivity index (χ0n) is 11.0. The van der Waals surface area contributed by atoms with Gasteiger partial charge in [-0.25, -0.2) is 4.98 Å². The lowest BCUT2D eigenvalue weighted by Crippen LogP contribution is -2.12. The molecule has 0 bridgehead atoms. The first kappa shape index (κ1) is 12.5. The number of rotatable bonds is 4. The first-order valence-corrected chi connectivity index (χ1v) is 6.01. The van der Waals surface area contributed by atoms with E-state index in [0.29, 0.717) is 12.3 Å². The molecular weight excluding hydrogens is 228 g/mol. The van der Waals surface area contributed by atoms with E-state index in [0.717, 1.165) is 12.4 Å². The number of anilines is 1. The summed E-state index contributed by atoms with van der Waals surface area (Å²) in [5.74, 6) is 1.50. The second-order valence-corrected chi connectivity index (χ2v) is 5.19. The predicted octanol–water partition coefficient (Wildman–Crippen LogP) is 2.42. The summed E-state index contributed by atoms with van der Waals surface area (Å²) in [5, 5.41) is 6.78. The molecule has 0 aromatic carbocycles. The van der Waals surface area contributed by atoms with Crippen molar-refractivity contribution in [1.29, 1.82) is 0 Å². The number of nitrogens with zero attached hydrogens (tertiary/aromatic N) is 3. The van der Waals surface area contributed by atoms with Gasteiger partial charge in [0.1, 0.15) is 5.82 Å². The summed E-state index contributed by atoms with van der Waals surface area (Å²) < 4.78 is 4.91. The van der Waals surface area contributed by atoms with Crippen LogP contribution in [0.1, 0.15) is 32.2 Å². The lowest BCUT2D eigenvalue weighted by atomic mass is 9.88. The van der Waals surface area contributed by atoms with Crippen LogP contribution in [0, 0.1) is 0 Å². The van der Waals surface area contributed by atoms with Gasteiger partial charge in [0, 0.05) is 19.2 Å². The van der Waals surface area contributed by atoms with E-state index in [1.807, 2.05) is 12.3 Å². The third-order valence-corrected chi connectivity index (χ3v) is 2.68. The first-order valence-electron chi connectivity index (χ1n) is 6.01. The Hall–Kier alpha value is -1.91. The molecule has 0 saturated carbocycles. The molecule has 0 fully saturated rings. The molecule has 5 nitrogen and oxygen atoms in total. The van der Waals surface area contributed by atoms with Gasteiger partial charge in [-0.15, -0.1) is 0 Å². The second kappa shape index (κ2) is 5.16. The van der Waals surface area contributed by atoms with Gasteiger partial charge >= 0.3 is 0 Å². The highest BCUT2D eigenvalue weighted by Crippen LogP contribution is 2.21. The van der Waals surface area contributed by atoms with E-state index in [9.17, 15) is 0 Å². The molecule has 0 unspecified atom stereocenters. The minimum atomic E-state index is 0.134. The summed E-state index contributed by atoms with van der Waals surface area (Å²) >= 11 is 0. The van der Waals surface area contributed by atoms with Crippen LogP contribution >= 0.6 is 0 Å². The van der Waals surface area contributed by atoms with Crippen molar-refractivity contribution in [2.45, 2.75) is 32.6 Å². The fourth-order valence-electron chi connectivity index (χ4n) is 1.55. The van der Waals surface area contributed by atoms with Crippen molar-refractivity contribution in [3.63, 3.8) is 0 Å². The molecule has 0 spiro atoms. The van der Waals surface area contributed by atoms with Gasteiger partial charge in [0.05, 0.1) is 0 Å². The standard InChI is InChI=1S/C13H18N4O/c1-13(2,3)10-4-5-11(15-8-10)14-7-6-12-16-9-17-18-12/h4-5,8-9H,6-7H2,1-3H3,(H,14,15). The van der Waals surface area contributed by atoms with Gasteiger partial charge in [-0.2, -0.15) is 4.98 Å². The fourth-order valence-corrected chi connectivity index (χ4v) is 1.55. The van der Waals surface area contributed by atoms with E-state index in [2.05, 4.69) is 47.3 Å². The van der Waals surface area contributed by atoms with Crippen LogP contribution in [0.5, 0.6) is 0 Å². The van der Waals surface area contributed by atoms with Crippen molar-refractivity contribution >= 4 is 5.82 Å². The molecule has 18 heavy (non-hydrogen) atoms. The fraction of sp³-hybridized carbons (Fsp3) is 0.462. The van der Waals surface area contributed by atoms with Gasteiger partial charge in [0.25, 0.3) is 0 Å². The number of hydrogen-bond donors (Lipinski definition) is 1. The van der Waals surface area contributed by atoms with Crippen LogP contribution in [-0.4, -0.2) is 21.7 Å². The van der Waals surface area contributed by atoms with Crippen molar-refractivity contribution in [3.05, 3.63) is 36.1 Å². The predicted molar refractivity (Wildman–Crippen MR) is 69.4 cm³/mol. The van der Waals surface area contributed by atoms with Crippen LogP contribution in [0.2, 0.25) is 0 Å². The summed E-state index contributed by atoms with van der Waals surface area (Å²) in [6.07, 6.45) is 4.02. The third kappa shape index (κ3) is 3.29. The van der Waals surface area contributed by atoms with E-state index in [1.54, 1.807) is 0 Å². The molecular formula is C13H18N4O. The minimum Gasteiger partial charge on any atom is -0.370 e. The normalized spacial score (nSPS) is 11.5. The molecule has 5 heteroatoms. The highest BCUT2D eigenvalue weighted by molar-refractivity contribution is 5.37. The summed E-state index contributed by atoms with van der Waals surface area (Å²) in [7, 11) is 0. The van der Waals surface area contributed by atoms with E-state index in [-0.39, 0.29) is 5.41 Å². The Morgan fingerprint density at radius 3 is 2.61 bits per heavy atom. The maximum atomic E-state index is 4.91. The van der Waals surface area contributed by atoms with Crippen LogP contribution < -0.4 is 5.32 Å². The number of nitrogens with one attached hydrogen (secondary N) is 1. The highest BCUT2D eigenvalue weighted by atomic mass is 16.5. The largest absolute Gasteiger partial charge is 0.370 e. The van der Waals surface area contributed by atoms with Crippen molar-refractivity contribution in [2.24, 2.45) is 0 Å². The number of aromatic nitrogens is 3. The van der Waals surface area contributed by atoms with E-state index >= 15 is 0 Å². The van der Waals surface area contributed by atoms with E-state index in [4.69, 9.17) is 4.52 Å².